The lowest BCUT2D eigenvalue weighted by Gasteiger charge is -2.20. The summed E-state index contributed by atoms with van der Waals surface area (Å²) in [6, 6.07) is 16.4. The summed E-state index contributed by atoms with van der Waals surface area (Å²) < 4.78 is 10.6. The minimum atomic E-state index is 0.130. The Hall–Kier alpha value is -2.00. The Bertz CT molecular complexity index is 507. The van der Waals surface area contributed by atoms with Crippen molar-refractivity contribution in [2.75, 3.05) is 20.8 Å². The fourth-order valence-corrected chi connectivity index (χ4v) is 2.27. The maximum absolute atomic E-state index is 5.31. The van der Waals surface area contributed by atoms with E-state index in [-0.39, 0.29) is 6.04 Å². The van der Waals surface area contributed by atoms with Crippen LogP contribution in [-0.4, -0.2) is 20.8 Å². The van der Waals surface area contributed by atoms with Crippen molar-refractivity contribution >= 4 is 0 Å². The fourth-order valence-electron chi connectivity index (χ4n) is 2.27. The zero-order valence-electron chi connectivity index (χ0n) is 12.2. The van der Waals surface area contributed by atoms with Crippen LogP contribution in [0, 0.1) is 0 Å². The molecule has 0 radical (unpaired) electrons. The summed E-state index contributed by atoms with van der Waals surface area (Å²) in [6.07, 6.45) is 0. The van der Waals surface area contributed by atoms with Crippen molar-refractivity contribution in [2.24, 2.45) is 0 Å². The summed E-state index contributed by atoms with van der Waals surface area (Å²) in [5.41, 5.74) is 2.36. The number of nitrogens with one attached hydrogen (secondary N) is 1. The average molecular weight is 271 g/mol. The summed E-state index contributed by atoms with van der Waals surface area (Å²) in [6.45, 7) is 2.99. The highest BCUT2D eigenvalue weighted by molar-refractivity contribution is 5.39. The molecule has 1 N–H and O–H groups in total. The zero-order valence-corrected chi connectivity index (χ0v) is 12.2. The Morgan fingerprint density at radius 3 is 1.80 bits per heavy atom. The van der Waals surface area contributed by atoms with Crippen LogP contribution in [0.5, 0.6) is 11.5 Å². The number of ether oxygens (including phenoxy) is 2. The van der Waals surface area contributed by atoms with Gasteiger partial charge in [0, 0.05) is 0 Å². The van der Waals surface area contributed by atoms with E-state index in [0.717, 1.165) is 18.0 Å². The molecule has 0 aliphatic rings. The Kier molecular flexibility index (Phi) is 5.02. The van der Waals surface area contributed by atoms with Crippen molar-refractivity contribution in [2.45, 2.75) is 13.0 Å². The van der Waals surface area contributed by atoms with Crippen molar-refractivity contribution in [3.63, 3.8) is 0 Å². The van der Waals surface area contributed by atoms with Gasteiger partial charge in [0.15, 0.2) is 0 Å². The zero-order chi connectivity index (χ0) is 14.4. The molecule has 0 fully saturated rings. The maximum atomic E-state index is 5.31. The predicted octanol–water partition coefficient (Wildman–Crippen LogP) is 3.40. The van der Waals surface area contributed by atoms with Crippen LogP contribution in [0.2, 0.25) is 0 Å². The molecule has 106 valence electrons. The largest absolute Gasteiger partial charge is 0.497 e. The van der Waals surface area contributed by atoms with Gasteiger partial charge in [-0.3, -0.25) is 0 Å². The van der Waals surface area contributed by atoms with Gasteiger partial charge < -0.3 is 14.8 Å². The summed E-state index contributed by atoms with van der Waals surface area (Å²) in [5.74, 6) is 1.74. The van der Waals surface area contributed by atoms with Crippen LogP contribution < -0.4 is 14.8 Å². The van der Waals surface area contributed by atoms with Gasteiger partial charge in [-0.1, -0.05) is 31.2 Å². The molecule has 0 spiro atoms. The van der Waals surface area contributed by atoms with Crippen LogP contribution in [-0.2, 0) is 0 Å². The van der Waals surface area contributed by atoms with Crippen LogP contribution in [0.1, 0.15) is 24.1 Å². The van der Waals surface area contributed by atoms with Crippen LogP contribution >= 0.6 is 0 Å². The molecule has 2 aromatic carbocycles. The molecule has 3 nitrogen and oxygen atoms in total. The van der Waals surface area contributed by atoms with Gasteiger partial charge in [0.25, 0.3) is 0 Å². The first-order valence-corrected chi connectivity index (χ1v) is 6.79. The van der Waals surface area contributed by atoms with E-state index in [1.165, 1.54) is 11.1 Å². The molecule has 0 atom stereocenters. The van der Waals surface area contributed by atoms with Crippen LogP contribution in [0.15, 0.2) is 48.5 Å². The van der Waals surface area contributed by atoms with Crippen molar-refractivity contribution in [3.05, 3.63) is 59.7 Å². The van der Waals surface area contributed by atoms with Gasteiger partial charge in [0.1, 0.15) is 11.5 Å². The van der Waals surface area contributed by atoms with E-state index in [1.54, 1.807) is 14.2 Å². The second-order valence-electron chi connectivity index (χ2n) is 4.54. The first-order chi connectivity index (χ1) is 9.78. The van der Waals surface area contributed by atoms with Crippen molar-refractivity contribution < 1.29 is 9.47 Å². The molecule has 0 aromatic heterocycles. The van der Waals surface area contributed by atoms with E-state index in [2.05, 4.69) is 36.5 Å². The summed E-state index contributed by atoms with van der Waals surface area (Å²) >= 11 is 0. The minimum Gasteiger partial charge on any atom is -0.497 e. The quantitative estimate of drug-likeness (QED) is 0.873. The number of methoxy groups -OCH3 is 2. The summed E-state index contributed by atoms with van der Waals surface area (Å²) in [5, 5.41) is 3.51. The maximum Gasteiger partial charge on any atom is 0.119 e. The van der Waals surface area contributed by atoms with Gasteiger partial charge in [-0.15, -0.1) is 0 Å². The summed E-state index contributed by atoms with van der Waals surface area (Å²) in [4.78, 5) is 0. The van der Waals surface area contributed by atoms with Gasteiger partial charge in [0.05, 0.1) is 20.3 Å². The second-order valence-corrected chi connectivity index (χ2v) is 4.54. The lowest BCUT2D eigenvalue weighted by molar-refractivity contribution is 0.412. The molecule has 0 unspecified atom stereocenters. The second kappa shape index (κ2) is 6.96. The average Bonchev–Trinajstić information content (AvgIpc) is 2.52. The molecular weight excluding hydrogens is 250 g/mol. The Morgan fingerprint density at radius 1 is 0.900 bits per heavy atom. The monoisotopic (exact) mass is 271 g/mol. The molecule has 0 aliphatic heterocycles. The molecule has 20 heavy (non-hydrogen) atoms. The Balaban J connectivity index is 2.38. The minimum absolute atomic E-state index is 0.130. The molecule has 3 heteroatoms. The molecule has 0 saturated carbocycles. The highest BCUT2D eigenvalue weighted by Gasteiger charge is 2.14. The SMILES string of the molecule is CCNC(c1cccc(OC)c1)c1cccc(OC)c1. The molecular formula is C17H21NO2. The summed E-state index contributed by atoms with van der Waals surface area (Å²) in [7, 11) is 3.37. The fraction of sp³-hybridized carbons (Fsp3) is 0.294. The van der Waals surface area contributed by atoms with Crippen molar-refractivity contribution in [1.29, 1.82) is 0 Å². The van der Waals surface area contributed by atoms with E-state index < -0.39 is 0 Å². The molecule has 2 aromatic rings. The molecule has 0 heterocycles. The molecule has 0 aliphatic carbocycles. The Labute approximate surface area is 120 Å². The number of rotatable bonds is 6. The highest BCUT2D eigenvalue weighted by Crippen LogP contribution is 2.27. The van der Waals surface area contributed by atoms with Gasteiger partial charge in [-0.05, 0) is 41.9 Å². The predicted molar refractivity (Wildman–Crippen MR) is 81.5 cm³/mol. The molecule has 0 amide bonds. The smallest absolute Gasteiger partial charge is 0.119 e. The van der Waals surface area contributed by atoms with E-state index in [1.807, 2.05) is 24.3 Å². The first-order valence-electron chi connectivity index (χ1n) is 6.79. The van der Waals surface area contributed by atoms with Crippen LogP contribution in [0.3, 0.4) is 0 Å². The number of hydrogen-bond acceptors (Lipinski definition) is 3. The van der Waals surface area contributed by atoms with Crippen LogP contribution in [0.4, 0.5) is 0 Å². The van der Waals surface area contributed by atoms with Crippen molar-refractivity contribution in [3.8, 4) is 11.5 Å². The van der Waals surface area contributed by atoms with E-state index in [9.17, 15) is 0 Å². The third-order valence-corrected chi connectivity index (χ3v) is 3.26. The van der Waals surface area contributed by atoms with E-state index >= 15 is 0 Å². The van der Waals surface area contributed by atoms with Crippen molar-refractivity contribution in [1.82, 2.24) is 5.32 Å². The molecule has 2 rings (SSSR count). The van der Waals surface area contributed by atoms with E-state index in [4.69, 9.17) is 9.47 Å². The lowest BCUT2D eigenvalue weighted by atomic mass is 9.98. The first kappa shape index (κ1) is 14.4. The normalized spacial score (nSPS) is 10.6. The molecule has 0 bridgehead atoms. The number of benzene rings is 2. The van der Waals surface area contributed by atoms with Gasteiger partial charge in [-0.25, -0.2) is 0 Å². The third kappa shape index (κ3) is 3.31. The third-order valence-electron chi connectivity index (χ3n) is 3.26. The Morgan fingerprint density at radius 2 is 1.40 bits per heavy atom. The highest BCUT2D eigenvalue weighted by atomic mass is 16.5. The standard InChI is InChI=1S/C17H21NO2/c1-4-18-17(13-7-5-9-15(11-13)19-2)14-8-6-10-16(12-14)20-3/h5-12,17-18H,4H2,1-3H3. The molecule has 0 saturated heterocycles. The van der Waals surface area contributed by atoms with Gasteiger partial charge >= 0.3 is 0 Å². The van der Waals surface area contributed by atoms with Gasteiger partial charge in [-0.2, -0.15) is 0 Å². The van der Waals surface area contributed by atoms with E-state index in [0.29, 0.717) is 0 Å². The van der Waals surface area contributed by atoms with Crippen LogP contribution in [0.25, 0.3) is 0 Å². The topological polar surface area (TPSA) is 30.5 Å². The van der Waals surface area contributed by atoms with Gasteiger partial charge in [0.2, 0.25) is 0 Å². The lowest BCUT2D eigenvalue weighted by Crippen LogP contribution is -2.22. The number of hydrogen-bond donors (Lipinski definition) is 1.